The topological polar surface area (TPSA) is 93.4 Å². The minimum atomic E-state index is -0.873. The number of likely N-dealkylation sites (tertiary alicyclic amines) is 1. The van der Waals surface area contributed by atoms with Crippen molar-refractivity contribution in [3.63, 3.8) is 0 Å². The number of hydrogen-bond donors (Lipinski definition) is 2. The van der Waals surface area contributed by atoms with Crippen molar-refractivity contribution in [1.29, 1.82) is 5.26 Å². The van der Waals surface area contributed by atoms with Crippen molar-refractivity contribution in [1.82, 2.24) is 4.90 Å². The number of carbonyl (C=O) groups is 2. The molecule has 1 heterocycles. The highest BCUT2D eigenvalue weighted by atomic mass is 16.4. The van der Waals surface area contributed by atoms with Crippen molar-refractivity contribution in [2.45, 2.75) is 6.42 Å². The maximum Gasteiger partial charge on any atom is 0.321 e. The van der Waals surface area contributed by atoms with E-state index >= 15 is 0 Å². The van der Waals surface area contributed by atoms with Gasteiger partial charge in [-0.25, -0.2) is 4.79 Å². The number of anilines is 1. The second-order valence-corrected chi connectivity index (χ2v) is 4.39. The monoisotopic (exact) mass is 259 g/mol. The summed E-state index contributed by atoms with van der Waals surface area (Å²) >= 11 is 0. The molecule has 6 heteroatoms. The number of carboxylic acid groups (broad SMARTS) is 1. The second kappa shape index (κ2) is 5.40. The molecule has 0 aliphatic carbocycles. The van der Waals surface area contributed by atoms with E-state index in [0.29, 0.717) is 24.2 Å². The molecule has 1 aromatic carbocycles. The number of nitriles is 1. The Labute approximate surface area is 110 Å². The van der Waals surface area contributed by atoms with Crippen LogP contribution in [0.4, 0.5) is 10.5 Å². The van der Waals surface area contributed by atoms with Crippen LogP contribution in [-0.2, 0) is 4.79 Å². The normalized spacial score (nSPS) is 17.8. The smallest absolute Gasteiger partial charge is 0.321 e. The van der Waals surface area contributed by atoms with Crippen LogP contribution in [-0.4, -0.2) is 35.1 Å². The minimum Gasteiger partial charge on any atom is -0.481 e. The van der Waals surface area contributed by atoms with Crippen LogP contribution in [0.15, 0.2) is 24.3 Å². The number of rotatable bonds is 2. The second-order valence-electron chi connectivity index (χ2n) is 4.39. The first-order valence-corrected chi connectivity index (χ1v) is 5.89. The van der Waals surface area contributed by atoms with Gasteiger partial charge in [-0.2, -0.15) is 5.26 Å². The molecule has 1 aromatic rings. The molecule has 1 unspecified atom stereocenters. The maximum atomic E-state index is 11.9. The molecular formula is C13H13N3O3. The van der Waals surface area contributed by atoms with Crippen LogP contribution in [0, 0.1) is 17.2 Å². The molecule has 0 saturated carbocycles. The highest BCUT2D eigenvalue weighted by molar-refractivity contribution is 5.90. The summed E-state index contributed by atoms with van der Waals surface area (Å²) in [7, 11) is 0. The number of nitrogens with zero attached hydrogens (tertiary/aromatic N) is 2. The van der Waals surface area contributed by atoms with E-state index in [-0.39, 0.29) is 12.6 Å². The Morgan fingerprint density at radius 1 is 1.47 bits per heavy atom. The molecule has 0 bridgehead atoms. The van der Waals surface area contributed by atoms with E-state index < -0.39 is 11.9 Å². The van der Waals surface area contributed by atoms with E-state index in [2.05, 4.69) is 5.32 Å². The van der Waals surface area contributed by atoms with Crippen molar-refractivity contribution in [3.05, 3.63) is 29.8 Å². The van der Waals surface area contributed by atoms with Crippen molar-refractivity contribution >= 4 is 17.7 Å². The molecule has 2 rings (SSSR count). The quantitative estimate of drug-likeness (QED) is 0.841. The van der Waals surface area contributed by atoms with Crippen LogP contribution in [0.3, 0.4) is 0 Å². The lowest BCUT2D eigenvalue weighted by atomic mass is 10.1. The van der Waals surface area contributed by atoms with Gasteiger partial charge in [-0.15, -0.1) is 0 Å². The number of amides is 2. The van der Waals surface area contributed by atoms with Gasteiger partial charge in [-0.05, 0) is 24.6 Å². The Morgan fingerprint density at radius 2 is 2.26 bits per heavy atom. The number of hydrogen-bond acceptors (Lipinski definition) is 3. The van der Waals surface area contributed by atoms with Crippen molar-refractivity contribution in [3.8, 4) is 6.07 Å². The standard InChI is InChI=1S/C13H13N3O3/c14-7-9-2-1-3-11(6-9)15-13(19)16-5-4-10(8-16)12(17)18/h1-3,6,10H,4-5,8H2,(H,15,19)(H,17,18). The molecule has 1 aliphatic rings. The zero-order valence-electron chi connectivity index (χ0n) is 10.2. The van der Waals surface area contributed by atoms with Crippen molar-refractivity contribution < 1.29 is 14.7 Å². The Hall–Kier alpha value is -2.55. The molecule has 2 N–H and O–H groups in total. The molecule has 0 spiro atoms. The molecular weight excluding hydrogens is 246 g/mol. The summed E-state index contributed by atoms with van der Waals surface area (Å²) in [5, 5.41) is 20.3. The summed E-state index contributed by atoms with van der Waals surface area (Å²) in [6, 6.07) is 8.23. The van der Waals surface area contributed by atoms with Gasteiger partial charge < -0.3 is 15.3 Å². The predicted molar refractivity (Wildman–Crippen MR) is 67.5 cm³/mol. The van der Waals surface area contributed by atoms with E-state index in [1.54, 1.807) is 24.3 Å². The average Bonchev–Trinajstić information content (AvgIpc) is 2.89. The van der Waals surface area contributed by atoms with E-state index in [0.717, 1.165) is 0 Å². The van der Waals surface area contributed by atoms with Crippen LogP contribution >= 0.6 is 0 Å². The van der Waals surface area contributed by atoms with Gasteiger partial charge in [0.1, 0.15) is 0 Å². The van der Waals surface area contributed by atoms with Crippen LogP contribution in [0.5, 0.6) is 0 Å². The molecule has 2 amide bonds. The Bertz CT molecular complexity index is 550. The van der Waals surface area contributed by atoms with E-state index in [1.165, 1.54) is 4.90 Å². The lowest BCUT2D eigenvalue weighted by Crippen LogP contribution is -2.33. The number of carbonyl (C=O) groups excluding carboxylic acids is 1. The van der Waals surface area contributed by atoms with Gasteiger partial charge in [0.2, 0.25) is 0 Å². The molecule has 19 heavy (non-hydrogen) atoms. The van der Waals surface area contributed by atoms with Gasteiger partial charge in [0.05, 0.1) is 17.6 Å². The molecule has 0 radical (unpaired) electrons. The van der Waals surface area contributed by atoms with Gasteiger partial charge in [-0.3, -0.25) is 4.79 Å². The minimum absolute atomic E-state index is 0.221. The zero-order chi connectivity index (χ0) is 13.8. The third-order valence-electron chi connectivity index (χ3n) is 3.07. The first-order valence-electron chi connectivity index (χ1n) is 5.89. The van der Waals surface area contributed by atoms with Crippen LogP contribution in [0.25, 0.3) is 0 Å². The highest BCUT2D eigenvalue weighted by Crippen LogP contribution is 2.18. The molecule has 0 aromatic heterocycles. The molecule has 1 saturated heterocycles. The largest absolute Gasteiger partial charge is 0.481 e. The summed E-state index contributed by atoms with van der Waals surface area (Å²) < 4.78 is 0. The first kappa shape index (κ1) is 12.9. The number of nitrogens with one attached hydrogen (secondary N) is 1. The van der Waals surface area contributed by atoms with E-state index in [1.807, 2.05) is 6.07 Å². The SMILES string of the molecule is N#Cc1cccc(NC(=O)N2CCC(C(=O)O)C2)c1. The average molecular weight is 259 g/mol. The summed E-state index contributed by atoms with van der Waals surface area (Å²) in [4.78, 5) is 24.2. The molecule has 6 nitrogen and oxygen atoms in total. The number of aliphatic carboxylic acids is 1. The van der Waals surface area contributed by atoms with Gasteiger partial charge >= 0.3 is 12.0 Å². The lowest BCUT2D eigenvalue weighted by Gasteiger charge is -2.16. The summed E-state index contributed by atoms with van der Waals surface area (Å²) in [5.41, 5.74) is 0.991. The predicted octanol–water partition coefficient (Wildman–Crippen LogP) is 1.50. The third-order valence-corrected chi connectivity index (χ3v) is 3.07. The molecule has 1 fully saturated rings. The summed E-state index contributed by atoms with van der Waals surface area (Å²) in [5.74, 6) is -1.36. The van der Waals surface area contributed by atoms with Crippen molar-refractivity contribution in [2.75, 3.05) is 18.4 Å². The van der Waals surface area contributed by atoms with Crippen LogP contribution < -0.4 is 5.32 Å². The van der Waals surface area contributed by atoms with E-state index in [4.69, 9.17) is 10.4 Å². The Morgan fingerprint density at radius 3 is 2.89 bits per heavy atom. The molecule has 1 aliphatic heterocycles. The highest BCUT2D eigenvalue weighted by Gasteiger charge is 2.30. The summed E-state index contributed by atoms with van der Waals surface area (Å²) in [6.45, 7) is 0.653. The maximum absolute atomic E-state index is 11.9. The van der Waals surface area contributed by atoms with Gasteiger partial charge in [0.15, 0.2) is 0 Å². The fourth-order valence-electron chi connectivity index (χ4n) is 2.02. The first-order chi connectivity index (χ1) is 9.10. The van der Waals surface area contributed by atoms with Gasteiger partial charge in [0, 0.05) is 18.8 Å². The third kappa shape index (κ3) is 3.01. The number of benzene rings is 1. The molecule has 98 valence electrons. The molecule has 1 atom stereocenters. The van der Waals surface area contributed by atoms with Crippen LogP contribution in [0.2, 0.25) is 0 Å². The number of urea groups is 1. The Balaban J connectivity index is 1.98. The van der Waals surface area contributed by atoms with Gasteiger partial charge in [-0.1, -0.05) is 6.07 Å². The fourth-order valence-corrected chi connectivity index (χ4v) is 2.02. The lowest BCUT2D eigenvalue weighted by molar-refractivity contribution is -0.141. The zero-order valence-corrected chi connectivity index (χ0v) is 10.2. The fraction of sp³-hybridized carbons (Fsp3) is 0.308. The van der Waals surface area contributed by atoms with Crippen molar-refractivity contribution in [2.24, 2.45) is 5.92 Å². The van der Waals surface area contributed by atoms with Gasteiger partial charge in [0.25, 0.3) is 0 Å². The Kier molecular flexibility index (Phi) is 3.66. The summed E-state index contributed by atoms with van der Waals surface area (Å²) in [6.07, 6.45) is 0.473. The van der Waals surface area contributed by atoms with Crippen LogP contribution in [0.1, 0.15) is 12.0 Å². The van der Waals surface area contributed by atoms with E-state index in [9.17, 15) is 9.59 Å². The number of carboxylic acids is 1.